The van der Waals surface area contributed by atoms with E-state index in [2.05, 4.69) is 20.8 Å². The summed E-state index contributed by atoms with van der Waals surface area (Å²) in [7, 11) is 0. The normalized spacial score (nSPS) is 10.4. The van der Waals surface area contributed by atoms with E-state index in [1.807, 2.05) is 11.4 Å². The molecule has 2 N–H and O–H groups in total. The lowest BCUT2D eigenvalue weighted by Gasteiger charge is -2.06. The van der Waals surface area contributed by atoms with Crippen LogP contribution in [0.3, 0.4) is 0 Å². The zero-order valence-electron chi connectivity index (χ0n) is 9.08. The maximum absolute atomic E-state index is 11.6. The summed E-state index contributed by atoms with van der Waals surface area (Å²) in [6, 6.07) is 5.12. The van der Waals surface area contributed by atoms with Gasteiger partial charge in [0, 0.05) is 0 Å². The summed E-state index contributed by atoms with van der Waals surface area (Å²) in [5.74, 6) is 0.442. The second-order valence-electron chi connectivity index (χ2n) is 3.41. The van der Waals surface area contributed by atoms with Crippen molar-refractivity contribution in [1.82, 2.24) is 15.4 Å². The molecule has 0 spiro atoms. The van der Waals surface area contributed by atoms with Crippen LogP contribution in [-0.2, 0) is 0 Å². The predicted molar refractivity (Wildman–Crippen MR) is 67.2 cm³/mol. The molecular weight excluding hydrogens is 252 g/mol. The van der Waals surface area contributed by atoms with Crippen LogP contribution in [0.4, 0.5) is 5.82 Å². The molecule has 1 amide bonds. The molecule has 3 heterocycles. The van der Waals surface area contributed by atoms with Gasteiger partial charge in [-0.15, -0.1) is 11.3 Å². The molecule has 0 saturated heterocycles. The zero-order chi connectivity index (χ0) is 12.4. The van der Waals surface area contributed by atoms with Crippen LogP contribution >= 0.6 is 11.3 Å². The Kier molecular flexibility index (Phi) is 2.66. The molecule has 0 radical (unpaired) electrons. The van der Waals surface area contributed by atoms with Crippen molar-refractivity contribution in [3.63, 3.8) is 0 Å². The molecule has 0 aromatic carbocycles. The quantitative estimate of drug-likeness (QED) is 0.704. The first-order chi connectivity index (χ1) is 8.84. The van der Waals surface area contributed by atoms with E-state index >= 15 is 0 Å². The predicted octanol–water partition coefficient (Wildman–Crippen LogP) is 2.04. The second-order valence-corrected chi connectivity index (χ2v) is 4.33. The number of hydrogen-bond acceptors (Lipinski definition) is 6. The molecule has 3 rings (SSSR count). The van der Waals surface area contributed by atoms with E-state index in [1.54, 1.807) is 12.1 Å². The third-order valence-electron chi connectivity index (χ3n) is 2.28. The van der Waals surface area contributed by atoms with Gasteiger partial charge in [0.25, 0.3) is 0 Å². The Morgan fingerprint density at radius 2 is 2.28 bits per heavy atom. The summed E-state index contributed by atoms with van der Waals surface area (Å²) >= 11 is 1.50. The molecule has 0 unspecified atom stereocenters. The van der Waals surface area contributed by atoms with Crippen molar-refractivity contribution in [2.24, 2.45) is 0 Å². The smallest absolute Gasteiger partial charge is 0.305 e. The maximum atomic E-state index is 11.6. The fourth-order valence-corrected chi connectivity index (χ4v) is 2.25. The van der Waals surface area contributed by atoms with E-state index in [0.29, 0.717) is 5.82 Å². The number of hydrogen-bond donors (Lipinski definition) is 2. The van der Waals surface area contributed by atoms with Gasteiger partial charge >= 0.3 is 5.91 Å². The van der Waals surface area contributed by atoms with Gasteiger partial charge in [-0.25, -0.2) is 9.97 Å². The minimum absolute atomic E-state index is 0.235. The number of anilines is 1. The lowest BCUT2D eigenvalue weighted by Crippen LogP contribution is -2.29. The Morgan fingerprint density at radius 1 is 1.33 bits per heavy atom. The molecule has 18 heavy (non-hydrogen) atoms. The molecule has 0 saturated carbocycles. The molecule has 3 aromatic heterocycles. The van der Waals surface area contributed by atoms with Gasteiger partial charge in [0.05, 0.1) is 16.5 Å². The molecule has 7 heteroatoms. The van der Waals surface area contributed by atoms with E-state index < -0.39 is 0 Å². The van der Waals surface area contributed by atoms with Crippen molar-refractivity contribution in [2.45, 2.75) is 0 Å². The van der Waals surface area contributed by atoms with Crippen LogP contribution < -0.4 is 10.9 Å². The van der Waals surface area contributed by atoms with Crippen molar-refractivity contribution < 1.29 is 9.21 Å². The number of rotatable bonds is 3. The highest BCUT2D eigenvalue weighted by molar-refractivity contribution is 7.17. The number of fused-ring (bicyclic) bond motifs is 1. The number of hydrazine groups is 1. The molecule has 0 atom stereocenters. The van der Waals surface area contributed by atoms with Crippen molar-refractivity contribution in [1.29, 1.82) is 0 Å². The number of amides is 1. The van der Waals surface area contributed by atoms with E-state index in [1.165, 1.54) is 23.9 Å². The van der Waals surface area contributed by atoms with Crippen LogP contribution in [0.25, 0.3) is 10.2 Å². The van der Waals surface area contributed by atoms with Crippen molar-refractivity contribution in [3.05, 3.63) is 41.9 Å². The van der Waals surface area contributed by atoms with Gasteiger partial charge in [-0.05, 0) is 23.6 Å². The van der Waals surface area contributed by atoms with Crippen molar-refractivity contribution >= 4 is 33.3 Å². The number of furan rings is 1. The molecule has 0 aliphatic heterocycles. The van der Waals surface area contributed by atoms with Crippen LogP contribution in [0.2, 0.25) is 0 Å². The lowest BCUT2D eigenvalue weighted by molar-refractivity contribution is 0.0935. The number of thiophene rings is 1. The van der Waals surface area contributed by atoms with Gasteiger partial charge in [-0.1, -0.05) is 0 Å². The molecule has 0 bridgehead atoms. The summed E-state index contributed by atoms with van der Waals surface area (Å²) in [5, 5.41) is 1.92. The van der Waals surface area contributed by atoms with Gasteiger partial charge < -0.3 is 4.42 Å². The molecular formula is C11H8N4O2S. The summed E-state index contributed by atoms with van der Waals surface area (Å²) in [6.45, 7) is 0. The van der Waals surface area contributed by atoms with E-state index in [0.717, 1.165) is 10.2 Å². The SMILES string of the molecule is O=C(NNc1ncnc2ccsc12)c1ccco1. The lowest BCUT2D eigenvalue weighted by atomic mass is 10.4. The highest BCUT2D eigenvalue weighted by Gasteiger charge is 2.09. The minimum atomic E-state index is -0.358. The van der Waals surface area contributed by atoms with E-state index in [4.69, 9.17) is 4.42 Å². The fourth-order valence-electron chi connectivity index (χ4n) is 1.46. The third-order valence-corrected chi connectivity index (χ3v) is 3.19. The van der Waals surface area contributed by atoms with Gasteiger partial charge in [0.15, 0.2) is 11.6 Å². The van der Waals surface area contributed by atoms with Gasteiger partial charge in [0.2, 0.25) is 0 Å². The Morgan fingerprint density at radius 3 is 3.11 bits per heavy atom. The summed E-state index contributed by atoms with van der Waals surface area (Å²) in [5.41, 5.74) is 6.12. The Labute approximate surface area is 106 Å². The fraction of sp³-hybridized carbons (Fsp3) is 0. The monoisotopic (exact) mass is 260 g/mol. The van der Waals surface area contributed by atoms with E-state index in [9.17, 15) is 4.79 Å². The Balaban J connectivity index is 1.77. The van der Waals surface area contributed by atoms with Gasteiger partial charge in [-0.3, -0.25) is 15.6 Å². The van der Waals surface area contributed by atoms with Crippen LogP contribution in [0, 0.1) is 0 Å². The average molecular weight is 260 g/mol. The molecule has 90 valence electrons. The topological polar surface area (TPSA) is 80.0 Å². The highest BCUT2D eigenvalue weighted by Crippen LogP contribution is 2.24. The van der Waals surface area contributed by atoms with Crippen LogP contribution in [-0.4, -0.2) is 15.9 Å². The number of nitrogens with one attached hydrogen (secondary N) is 2. The Bertz CT molecular complexity index is 677. The number of aromatic nitrogens is 2. The first kappa shape index (κ1) is 10.7. The summed E-state index contributed by atoms with van der Waals surface area (Å²) in [4.78, 5) is 19.8. The standard InChI is InChI=1S/C11H8N4O2S/c16-11(8-2-1-4-17-8)15-14-10-9-7(3-5-18-9)12-6-13-10/h1-6H,(H,15,16)(H,12,13,14). The molecule has 6 nitrogen and oxygen atoms in total. The van der Waals surface area contributed by atoms with Gasteiger partial charge in [0.1, 0.15) is 6.33 Å². The summed E-state index contributed by atoms with van der Waals surface area (Å²) < 4.78 is 5.86. The largest absolute Gasteiger partial charge is 0.459 e. The number of nitrogens with zero attached hydrogens (tertiary/aromatic N) is 2. The third kappa shape index (κ3) is 1.91. The highest BCUT2D eigenvalue weighted by atomic mass is 32.1. The number of carbonyl (C=O) groups is 1. The molecule has 0 fully saturated rings. The zero-order valence-corrected chi connectivity index (χ0v) is 9.90. The van der Waals surface area contributed by atoms with E-state index in [-0.39, 0.29) is 11.7 Å². The minimum Gasteiger partial charge on any atom is -0.459 e. The van der Waals surface area contributed by atoms with Gasteiger partial charge in [-0.2, -0.15) is 0 Å². The summed E-state index contributed by atoms with van der Waals surface area (Å²) in [6.07, 6.45) is 2.88. The van der Waals surface area contributed by atoms with Crippen molar-refractivity contribution in [3.8, 4) is 0 Å². The molecule has 0 aliphatic rings. The molecule has 3 aromatic rings. The average Bonchev–Trinajstić information content (AvgIpc) is 3.05. The first-order valence-electron chi connectivity index (χ1n) is 5.12. The molecule has 0 aliphatic carbocycles. The second kappa shape index (κ2) is 4.46. The maximum Gasteiger partial charge on any atom is 0.305 e. The first-order valence-corrected chi connectivity index (χ1v) is 6.00. The number of carbonyl (C=O) groups excluding carboxylic acids is 1. The van der Waals surface area contributed by atoms with Crippen molar-refractivity contribution in [2.75, 3.05) is 5.43 Å². The van der Waals surface area contributed by atoms with Crippen LogP contribution in [0.15, 0.2) is 40.6 Å². The Hall–Kier alpha value is -2.41. The van der Waals surface area contributed by atoms with Crippen LogP contribution in [0.1, 0.15) is 10.6 Å². The van der Waals surface area contributed by atoms with Crippen LogP contribution in [0.5, 0.6) is 0 Å².